The molecule has 0 saturated heterocycles. The van der Waals surface area contributed by atoms with E-state index in [1.54, 1.807) is 11.3 Å². The fourth-order valence-corrected chi connectivity index (χ4v) is 3.01. The van der Waals surface area contributed by atoms with Crippen molar-refractivity contribution >= 4 is 33.9 Å². The normalized spacial score (nSPS) is 12.7. The standard InChI is InChI=1S/C12H10F2INS/c13-9-1-2-10(14)7(3-9)4-11(16)8-5-12(15)17-6-8/h1-3,5-6,11H,4,16H2. The van der Waals surface area contributed by atoms with Gasteiger partial charge in [-0.1, -0.05) is 0 Å². The van der Waals surface area contributed by atoms with E-state index in [0.717, 1.165) is 20.6 Å². The van der Waals surface area contributed by atoms with Gasteiger partial charge in [0.2, 0.25) is 0 Å². The molecule has 1 aromatic carbocycles. The first-order valence-electron chi connectivity index (χ1n) is 4.99. The van der Waals surface area contributed by atoms with Crippen LogP contribution in [-0.2, 0) is 6.42 Å². The van der Waals surface area contributed by atoms with Gasteiger partial charge in [-0.3, -0.25) is 0 Å². The fraction of sp³-hybridized carbons (Fsp3) is 0.167. The van der Waals surface area contributed by atoms with Gasteiger partial charge >= 0.3 is 0 Å². The summed E-state index contributed by atoms with van der Waals surface area (Å²) in [7, 11) is 0. The lowest BCUT2D eigenvalue weighted by molar-refractivity contribution is 0.573. The molecule has 0 spiro atoms. The predicted octanol–water partition coefficient (Wildman–Crippen LogP) is 3.87. The van der Waals surface area contributed by atoms with Crippen molar-refractivity contribution in [2.45, 2.75) is 12.5 Å². The van der Waals surface area contributed by atoms with Gasteiger partial charge in [0.05, 0.1) is 2.88 Å². The van der Waals surface area contributed by atoms with E-state index in [0.29, 0.717) is 12.0 Å². The van der Waals surface area contributed by atoms with Gasteiger partial charge in [0.15, 0.2) is 0 Å². The molecule has 1 unspecified atom stereocenters. The van der Waals surface area contributed by atoms with Crippen LogP contribution in [-0.4, -0.2) is 0 Å². The lowest BCUT2D eigenvalue weighted by Crippen LogP contribution is -2.13. The maximum absolute atomic E-state index is 13.4. The summed E-state index contributed by atoms with van der Waals surface area (Å²) < 4.78 is 27.6. The molecule has 2 rings (SSSR count). The van der Waals surface area contributed by atoms with Gasteiger partial charge in [-0.05, 0) is 69.8 Å². The third-order valence-corrected chi connectivity index (χ3v) is 4.27. The Labute approximate surface area is 116 Å². The summed E-state index contributed by atoms with van der Waals surface area (Å²) in [4.78, 5) is 0. The van der Waals surface area contributed by atoms with Crippen molar-refractivity contribution in [3.63, 3.8) is 0 Å². The Kier molecular flexibility index (Phi) is 4.11. The monoisotopic (exact) mass is 365 g/mol. The molecule has 0 fully saturated rings. The van der Waals surface area contributed by atoms with E-state index < -0.39 is 11.6 Å². The van der Waals surface area contributed by atoms with Gasteiger partial charge in [0.1, 0.15) is 11.6 Å². The number of hydrogen-bond acceptors (Lipinski definition) is 2. The van der Waals surface area contributed by atoms with Crippen molar-refractivity contribution in [2.24, 2.45) is 5.73 Å². The van der Waals surface area contributed by atoms with Crippen molar-refractivity contribution in [2.75, 3.05) is 0 Å². The molecule has 1 aromatic heterocycles. The lowest BCUT2D eigenvalue weighted by Gasteiger charge is -2.10. The Morgan fingerprint density at radius 3 is 2.71 bits per heavy atom. The van der Waals surface area contributed by atoms with Gasteiger partial charge < -0.3 is 5.73 Å². The van der Waals surface area contributed by atoms with E-state index in [9.17, 15) is 8.78 Å². The molecule has 2 N–H and O–H groups in total. The minimum Gasteiger partial charge on any atom is -0.324 e. The minimum atomic E-state index is -0.437. The summed E-state index contributed by atoms with van der Waals surface area (Å²) in [5.74, 6) is -0.847. The van der Waals surface area contributed by atoms with Gasteiger partial charge in [0.25, 0.3) is 0 Å². The summed E-state index contributed by atoms with van der Waals surface area (Å²) in [6, 6.07) is 5.11. The SMILES string of the molecule is NC(Cc1cc(F)ccc1F)c1csc(I)c1. The van der Waals surface area contributed by atoms with Crippen LogP contribution in [0.4, 0.5) is 8.78 Å². The van der Waals surface area contributed by atoms with Crippen molar-refractivity contribution in [3.8, 4) is 0 Å². The minimum absolute atomic E-state index is 0.300. The van der Waals surface area contributed by atoms with E-state index in [2.05, 4.69) is 22.6 Å². The quantitative estimate of drug-likeness (QED) is 0.822. The number of thiophene rings is 1. The molecular weight excluding hydrogens is 355 g/mol. The fourth-order valence-electron chi connectivity index (χ4n) is 1.57. The zero-order chi connectivity index (χ0) is 12.4. The second-order valence-electron chi connectivity index (χ2n) is 3.73. The summed E-state index contributed by atoms with van der Waals surface area (Å²) >= 11 is 3.80. The molecule has 0 radical (unpaired) electrons. The van der Waals surface area contributed by atoms with Crippen LogP contribution in [0.25, 0.3) is 0 Å². The molecule has 1 heterocycles. The first-order chi connectivity index (χ1) is 8.06. The van der Waals surface area contributed by atoms with Crippen molar-refractivity contribution < 1.29 is 8.78 Å². The van der Waals surface area contributed by atoms with Crippen LogP contribution in [0, 0.1) is 14.5 Å². The highest BCUT2D eigenvalue weighted by Gasteiger charge is 2.12. The van der Waals surface area contributed by atoms with E-state index in [1.807, 2.05) is 11.4 Å². The Balaban J connectivity index is 2.18. The maximum Gasteiger partial charge on any atom is 0.126 e. The summed E-state index contributed by atoms with van der Waals surface area (Å²) in [5, 5.41) is 1.95. The topological polar surface area (TPSA) is 26.0 Å². The summed E-state index contributed by atoms with van der Waals surface area (Å²) in [6.07, 6.45) is 0.302. The molecule has 0 aliphatic carbocycles. The molecular formula is C12H10F2INS. The summed E-state index contributed by atoms with van der Waals surface area (Å²) in [5.41, 5.74) is 7.25. The molecule has 1 nitrogen and oxygen atoms in total. The molecule has 5 heteroatoms. The largest absolute Gasteiger partial charge is 0.324 e. The van der Waals surface area contributed by atoms with Crippen LogP contribution < -0.4 is 5.73 Å². The summed E-state index contributed by atoms with van der Waals surface area (Å²) in [6.45, 7) is 0. The molecule has 0 aliphatic heterocycles. The van der Waals surface area contributed by atoms with Crippen molar-refractivity contribution in [1.29, 1.82) is 0 Å². The molecule has 0 bridgehead atoms. The molecule has 0 saturated carbocycles. The highest BCUT2D eigenvalue weighted by molar-refractivity contribution is 14.1. The third kappa shape index (κ3) is 3.23. The maximum atomic E-state index is 13.4. The van der Waals surface area contributed by atoms with Gasteiger partial charge in [0, 0.05) is 6.04 Å². The number of halogens is 3. The smallest absolute Gasteiger partial charge is 0.126 e. The molecule has 90 valence electrons. The third-order valence-electron chi connectivity index (χ3n) is 2.46. The second kappa shape index (κ2) is 5.41. The molecule has 0 aliphatic rings. The van der Waals surface area contributed by atoms with Crippen molar-refractivity contribution in [3.05, 3.63) is 55.3 Å². The van der Waals surface area contributed by atoms with E-state index in [-0.39, 0.29) is 6.04 Å². The Hall–Kier alpha value is -0.530. The van der Waals surface area contributed by atoms with Crippen LogP contribution >= 0.6 is 33.9 Å². The predicted molar refractivity (Wildman–Crippen MR) is 74.0 cm³/mol. The first-order valence-corrected chi connectivity index (χ1v) is 6.95. The molecule has 1 atom stereocenters. The number of rotatable bonds is 3. The molecule has 0 amide bonds. The van der Waals surface area contributed by atoms with Crippen LogP contribution in [0.5, 0.6) is 0 Å². The number of hydrogen-bond donors (Lipinski definition) is 1. The Morgan fingerprint density at radius 2 is 2.06 bits per heavy atom. The van der Waals surface area contributed by atoms with E-state index in [4.69, 9.17) is 5.73 Å². The molecule has 2 aromatic rings. The number of nitrogens with two attached hydrogens (primary N) is 1. The lowest BCUT2D eigenvalue weighted by atomic mass is 10.0. The Bertz CT molecular complexity index is 527. The van der Waals surface area contributed by atoms with Gasteiger partial charge in [-0.15, -0.1) is 11.3 Å². The number of benzene rings is 1. The van der Waals surface area contributed by atoms with Crippen LogP contribution in [0.2, 0.25) is 0 Å². The Morgan fingerprint density at radius 1 is 1.29 bits per heavy atom. The molecule has 17 heavy (non-hydrogen) atoms. The highest BCUT2D eigenvalue weighted by Crippen LogP contribution is 2.24. The van der Waals surface area contributed by atoms with E-state index in [1.165, 1.54) is 6.07 Å². The van der Waals surface area contributed by atoms with Crippen LogP contribution in [0.3, 0.4) is 0 Å². The van der Waals surface area contributed by atoms with Crippen LogP contribution in [0.15, 0.2) is 29.6 Å². The first kappa shape index (κ1) is 12.9. The average Bonchev–Trinajstić information content (AvgIpc) is 2.70. The zero-order valence-corrected chi connectivity index (χ0v) is 11.8. The van der Waals surface area contributed by atoms with Gasteiger partial charge in [-0.2, -0.15) is 0 Å². The van der Waals surface area contributed by atoms with Gasteiger partial charge in [-0.25, -0.2) is 8.78 Å². The van der Waals surface area contributed by atoms with E-state index >= 15 is 0 Å². The highest BCUT2D eigenvalue weighted by atomic mass is 127. The second-order valence-corrected chi connectivity index (χ2v) is 6.54. The van der Waals surface area contributed by atoms with Crippen LogP contribution in [0.1, 0.15) is 17.2 Å². The van der Waals surface area contributed by atoms with Crippen molar-refractivity contribution in [1.82, 2.24) is 0 Å². The zero-order valence-electron chi connectivity index (χ0n) is 8.79. The average molecular weight is 365 g/mol.